The number of hydrogen-bond acceptors (Lipinski definition) is 4. The Kier molecular flexibility index (Phi) is 4.55. The molecule has 0 amide bonds. The number of nitrogens with one attached hydrogen (secondary N) is 1. The van der Waals surface area contributed by atoms with Crippen LogP contribution in [0.4, 0.5) is 5.82 Å². The summed E-state index contributed by atoms with van der Waals surface area (Å²) in [5, 5.41) is 5.70. The van der Waals surface area contributed by atoms with E-state index in [1.165, 1.54) is 32.5 Å². The third-order valence-electron chi connectivity index (χ3n) is 4.13. The predicted molar refractivity (Wildman–Crippen MR) is 87.1 cm³/mol. The van der Waals surface area contributed by atoms with Gasteiger partial charge in [0.15, 0.2) is 0 Å². The van der Waals surface area contributed by atoms with Crippen LogP contribution in [0.3, 0.4) is 0 Å². The third kappa shape index (κ3) is 3.27. The van der Waals surface area contributed by atoms with Crippen molar-refractivity contribution in [2.24, 2.45) is 0 Å². The molecule has 1 saturated heterocycles. The van der Waals surface area contributed by atoms with E-state index >= 15 is 0 Å². The van der Waals surface area contributed by atoms with Crippen LogP contribution in [0.15, 0.2) is 30.5 Å². The fraction of sp³-hybridized carbons (Fsp3) is 0.471. The number of anilines is 1. The third-order valence-corrected chi connectivity index (χ3v) is 4.13. The number of hydrogen-bond donors (Lipinski definition) is 1. The molecule has 0 spiro atoms. The summed E-state index contributed by atoms with van der Waals surface area (Å²) >= 11 is 0. The quantitative estimate of drug-likeness (QED) is 0.827. The van der Waals surface area contributed by atoms with Crippen LogP contribution in [0, 0.1) is 0 Å². The summed E-state index contributed by atoms with van der Waals surface area (Å²) in [6, 6.07) is 8.09. The van der Waals surface area contributed by atoms with Crippen LogP contribution in [-0.2, 0) is 0 Å². The Morgan fingerprint density at radius 2 is 2.05 bits per heavy atom. The minimum Gasteiger partial charge on any atom is -0.496 e. The molecule has 1 aromatic heterocycles. The topological polar surface area (TPSA) is 37.4 Å². The van der Waals surface area contributed by atoms with E-state index in [0.29, 0.717) is 0 Å². The van der Waals surface area contributed by atoms with Crippen LogP contribution in [0.5, 0.6) is 5.75 Å². The molecule has 1 fully saturated rings. The molecule has 3 rings (SSSR count). The number of ether oxygens (including phenoxy) is 1. The van der Waals surface area contributed by atoms with Crippen molar-refractivity contribution in [3.63, 3.8) is 0 Å². The molecular weight excluding hydrogens is 262 g/mol. The average Bonchev–Trinajstić information content (AvgIpc) is 3.04. The number of pyridine rings is 1. The SMILES string of the molecule is COc1cccc2c(NCCCN3CCCC3)nccc12. The summed E-state index contributed by atoms with van der Waals surface area (Å²) in [6.07, 6.45) is 5.71. The van der Waals surface area contributed by atoms with Crippen LogP contribution in [0.1, 0.15) is 19.3 Å². The highest BCUT2D eigenvalue weighted by Crippen LogP contribution is 2.28. The second kappa shape index (κ2) is 6.76. The van der Waals surface area contributed by atoms with Crippen molar-refractivity contribution in [1.29, 1.82) is 0 Å². The molecule has 0 bridgehead atoms. The van der Waals surface area contributed by atoms with Gasteiger partial charge in [0.2, 0.25) is 0 Å². The molecule has 1 N–H and O–H groups in total. The van der Waals surface area contributed by atoms with Crippen molar-refractivity contribution in [3.8, 4) is 5.75 Å². The summed E-state index contributed by atoms with van der Waals surface area (Å²) in [5.74, 6) is 1.85. The van der Waals surface area contributed by atoms with Crippen molar-refractivity contribution in [2.45, 2.75) is 19.3 Å². The Bertz CT molecular complexity index is 594. The second-order valence-corrected chi connectivity index (χ2v) is 5.54. The maximum atomic E-state index is 5.41. The normalized spacial score (nSPS) is 15.5. The zero-order valence-electron chi connectivity index (χ0n) is 12.6. The van der Waals surface area contributed by atoms with Crippen molar-refractivity contribution in [2.75, 3.05) is 38.6 Å². The minimum absolute atomic E-state index is 0.898. The van der Waals surface area contributed by atoms with Crippen LogP contribution in [0.25, 0.3) is 10.8 Å². The number of likely N-dealkylation sites (tertiary alicyclic amines) is 1. The number of aromatic nitrogens is 1. The van der Waals surface area contributed by atoms with Gasteiger partial charge < -0.3 is 15.0 Å². The lowest BCUT2D eigenvalue weighted by molar-refractivity contribution is 0.337. The first kappa shape index (κ1) is 14.1. The zero-order valence-corrected chi connectivity index (χ0v) is 12.6. The van der Waals surface area contributed by atoms with Crippen LogP contribution in [-0.4, -0.2) is 43.2 Å². The van der Waals surface area contributed by atoms with Gasteiger partial charge in [0.05, 0.1) is 7.11 Å². The maximum absolute atomic E-state index is 5.41. The molecule has 21 heavy (non-hydrogen) atoms. The smallest absolute Gasteiger partial charge is 0.133 e. The van der Waals surface area contributed by atoms with Crippen LogP contribution >= 0.6 is 0 Å². The molecule has 1 aromatic carbocycles. The van der Waals surface area contributed by atoms with E-state index in [1.807, 2.05) is 24.4 Å². The Labute approximate surface area is 126 Å². The highest BCUT2D eigenvalue weighted by atomic mass is 16.5. The molecule has 1 aliphatic heterocycles. The lowest BCUT2D eigenvalue weighted by Crippen LogP contribution is -2.22. The maximum Gasteiger partial charge on any atom is 0.133 e. The first-order valence-electron chi connectivity index (χ1n) is 7.76. The van der Waals surface area contributed by atoms with E-state index in [2.05, 4.69) is 21.3 Å². The summed E-state index contributed by atoms with van der Waals surface area (Å²) in [4.78, 5) is 7.01. The van der Waals surface area contributed by atoms with E-state index < -0.39 is 0 Å². The van der Waals surface area contributed by atoms with Gasteiger partial charge >= 0.3 is 0 Å². The highest BCUT2D eigenvalue weighted by molar-refractivity contribution is 5.95. The Morgan fingerprint density at radius 3 is 2.86 bits per heavy atom. The molecule has 0 unspecified atom stereocenters. The first-order valence-corrected chi connectivity index (χ1v) is 7.76. The molecule has 1 aliphatic rings. The van der Waals surface area contributed by atoms with Gasteiger partial charge in [-0.2, -0.15) is 0 Å². The number of fused-ring (bicyclic) bond motifs is 1. The van der Waals surface area contributed by atoms with E-state index in [0.717, 1.165) is 35.3 Å². The fourth-order valence-electron chi connectivity index (χ4n) is 3.01. The van der Waals surface area contributed by atoms with Crippen molar-refractivity contribution < 1.29 is 4.74 Å². The second-order valence-electron chi connectivity index (χ2n) is 5.54. The number of rotatable bonds is 6. The van der Waals surface area contributed by atoms with Crippen molar-refractivity contribution in [3.05, 3.63) is 30.5 Å². The number of methoxy groups -OCH3 is 1. The zero-order chi connectivity index (χ0) is 14.5. The van der Waals surface area contributed by atoms with Gasteiger partial charge in [0, 0.05) is 23.5 Å². The predicted octanol–water partition coefficient (Wildman–Crippen LogP) is 3.14. The standard InChI is InChI=1S/C17H23N3O/c1-21-16-7-4-6-15-14(16)8-10-19-17(15)18-9-5-13-20-11-2-3-12-20/h4,6-8,10H,2-3,5,9,11-13H2,1H3,(H,18,19). The Balaban J connectivity index is 1.63. The molecule has 2 aromatic rings. The van der Waals surface area contributed by atoms with Gasteiger partial charge in [0.25, 0.3) is 0 Å². The first-order chi connectivity index (χ1) is 10.4. The monoisotopic (exact) mass is 285 g/mol. The van der Waals surface area contributed by atoms with Gasteiger partial charge in [-0.05, 0) is 51.0 Å². The van der Waals surface area contributed by atoms with E-state index in [9.17, 15) is 0 Å². The molecule has 112 valence electrons. The Morgan fingerprint density at radius 1 is 1.19 bits per heavy atom. The lowest BCUT2D eigenvalue weighted by Gasteiger charge is -2.15. The van der Waals surface area contributed by atoms with Gasteiger partial charge in [-0.15, -0.1) is 0 Å². The molecule has 4 nitrogen and oxygen atoms in total. The molecule has 0 radical (unpaired) electrons. The largest absolute Gasteiger partial charge is 0.496 e. The van der Waals surface area contributed by atoms with E-state index in [-0.39, 0.29) is 0 Å². The Hall–Kier alpha value is -1.81. The summed E-state index contributed by atoms with van der Waals surface area (Å²) in [6.45, 7) is 4.67. The minimum atomic E-state index is 0.898. The van der Waals surface area contributed by atoms with E-state index in [1.54, 1.807) is 7.11 Å². The van der Waals surface area contributed by atoms with Crippen molar-refractivity contribution >= 4 is 16.6 Å². The van der Waals surface area contributed by atoms with Crippen LogP contribution < -0.4 is 10.1 Å². The molecule has 0 saturated carbocycles. The van der Waals surface area contributed by atoms with E-state index in [4.69, 9.17) is 4.74 Å². The molecule has 0 aliphatic carbocycles. The lowest BCUT2D eigenvalue weighted by atomic mass is 10.1. The molecule has 4 heteroatoms. The summed E-state index contributed by atoms with van der Waals surface area (Å²) in [7, 11) is 1.71. The number of nitrogens with zero attached hydrogens (tertiary/aromatic N) is 2. The van der Waals surface area contributed by atoms with Gasteiger partial charge in [0.1, 0.15) is 11.6 Å². The summed E-state index contributed by atoms with van der Waals surface area (Å²) in [5.41, 5.74) is 0. The molecule has 0 atom stereocenters. The summed E-state index contributed by atoms with van der Waals surface area (Å²) < 4.78 is 5.41. The van der Waals surface area contributed by atoms with Crippen molar-refractivity contribution in [1.82, 2.24) is 9.88 Å². The average molecular weight is 285 g/mol. The van der Waals surface area contributed by atoms with Gasteiger partial charge in [-0.25, -0.2) is 4.98 Å². The van der Waals surface area contributed by atoms with Gasteiger partial charge in [-0.1, -0.05) is 12.1 Å². The molecular formula is C17H23N3O. The molecule has 2 heterocycles. The highest BCUT2D eigenvalue weighted by Gasteiger charge is 2.10. The van der Waals surface area contributed by atoms with Gasteiger partial charge in [-0.3, -0.25) is 0 Å². The number of benzene rings is 1. The van der Waals surface area contributed by atoms with Crippen LogP contribution in [0.2, 0.25) is 0 Å². The fourth-order valence-corrected chi connectivity index (χ4v) is 3.01.